The molecule has 2 saturated carbocycles. The molecule has 70 valence electrons. The fraction of sp³-hybridized carbons (Fsp3) is 1.00. The molecule has 0 aliphatic heterocycles. The first-order valence-electron chi connectivity index (χ1n) is 5.44. The molecule has 0 amide bonds. The van der Waals surface area contributed by atoms with Gasteiger partial charge in [0.1, 0.15) is 0 Å². The Hall–Kier alpha value is -0.0400. The molecule has 0 bridgehead atoms. The summed E-state index contributed by atoms with van der Waals surface area (Å²) in [4.78, 5) is 0. The van der Waals surface area contributed by atoms with Crippen molar-refractivity contribution in [1.82, 2.24) is 0 Å². The molecule has 0 aromatic carbocycles. The molecule has 2 aliphatic carbocycles. The van der Waals surface area contributed by atoms with E-state index in [2.05, 4.69) is 6.92 Å². The lowest BCUT2D eigenvalue weighted by molar-refractivity contribution is 0.160. The summed E-state index contributed by atoms with van der Waals surface area (Å²) in [5.41, 5.74) is 6.49. The van der Waals surface area contributed by atoms with Crippen LogP contribution in [0.2, 0.25) is 0 Å². The largest absolute Gasteiger partial charge is 0.328 e. The fourth-order valence-electron chi connectivity index (χ4n) is 3.08. The van der Waals surface area contributed by atoms with E-state index in [4.69, 9.17) is 5.73 Å². The summed E-state index contributed by atoms with van der Waals surface area (Å²) < 4.78 is 0. The van der Waals surface area contributed by atoms with Crippen LogP contribution in [0.4, 0.5) is 0 Å². The highest BCUT2D eigenvalue weighted by molar-refractivity contribution is 4.89. The lowest BCUT2D eigenvalue weighted by atomic mass is 9.70. The molecule has 12 heavy (non-hydrogen) atoms. The predicted octanol–water partition coefficient (Wildman–Crippen LogP) is 2.69. The maximum Gasteiger partial charge on any atom is 0.00441 e. The number of hydrogen-bond donors (Lipinski definition) is 1. The first kappa shape index (κ1) is 8.55. The summed E-state index contributed by atoms with van der Waals surface area (Å²) >= 11 is 0. The fourth-order valence-corrected chi connectivity index (χ4v) is 3.08. The Bertz CT molecular complexity index is 152. The van der Waals surface area contributed by atoms with Crippen molar-refractivity contribution in [3.63, 3.8) is 0 Å². The van der Waals surface area contributed by atoms with Gasteiger partial charge in [-0.05, 0) is 43.4 Å². The first-order valence-corrected chi connectivity index (χ1v) is 5.44. The Morgan fingerprint density at radius 1 is 1.25 bits per heavy atom. The maximum atomic E-state index is 5.79. The number of hydrogen-bond acceptors (Lipinski definition) is 1. The van der Waals surface area contributed by atoms with E-state index in [-0.39, 0.29) is 0 Å². The van der Waals surface area contributed by atoms with Gasteiger partial charge in [-0.15, -0.1) is 0 Å². The van der Waals surface area contributed by atoms with Gasteiger partial charge in [0.15, 0.2) is 0 Å². The molecule has 1 heteroatoms. The highest BCUT2D eigenvalue weighted by Gasteiger charge is 2.35. The van der Waals surface area contributed by atoms with Crippen molar-refractivity contribution < 1.29 is 0 Å². The molecule has 0 heterocycles. The minimum absolute atomic E-state index is 0.542. The summed E-state index contributed by atoms with van der Waals surface area (Å²) in [7, 11) is 0. The van der Waals surface area contributed by atoms with Gasteiger partial charge in [0.25, 0.3) is 0 Å². The van der Waals surface area contributed by atoms with E-state index in [1.54, 1.807) is 0 Å². The van der Waals surface area contributed by atoms with Crippen LogP contribution in [0.3, 0.4) is 0 Å². The van der Waals surface area contributed by atoms with Crippen LogP contribution in [0.15, 0.2) is 0 Å². The van der Waals surface area contributed by atoms with Gasteiger partial charge >= 0.3 is 0 Å². The molecular weight excluding hydrogens is 146 g/mol. The normalized spacial score (nSPS) is 39.5. The molecular formula is C11H21N. The Kier molecular flexibility index (Phi) is 2.16. The van der Waals surface area contributed by atoms with Crippen LogP contribution in [0, 0.1) is 11.3 Å². The second-order valence-corrected chi connectivity index (χ2v) is 5.32. The Morgan fingerprint density at radius 2 is 1.83 bits per heavy atom. The van der Waals surface area contributed by atoms with Gasteiger partial charge in [0, 0.05) is 6.04 Å². The van der Waals surface area contributed by atoms with Crippen molar-refractivity contribution in [1.29, 1.82) is 0 Å². The number of rotatable bonds is 2. The van der Waals surface area contributed by atoms with Crippen molar-refractivity contribution in [3.8, 4) is 0 Å². The van der Waals surface area contributed by atoms with Crippen molar-refractivity contribution in [3.05, 3.63) is 0 Å². The van der Waals surface area contributed by atoms with Crippen molar-refractivity contribution in [2.24, 2.45) is 17.1 Å². The average Bonchev–Trinajstić information content (AvgIpc) is 2.33. The van der Waals surface area contributed by atoms with Crippen LogP contribution in [0.5, 0.6) is 0 Å². The molecule has 2 rings (SSSR count). The highest BCUT2D eigenvalue weighted by atomic mass is 14.7. The summed E-state index contributed by atoms with van der Waals surface area (Å²) in [6, 6.07) is 0.542. The second kappa shape index (κ2) is 3.02. The molecule has 0 aromatic heterocycles. The molecule has 0 saturated heterocycles. The zero-order valence-electron chi connectivity index (χ0n) is 8.18. The van der Waals surface area contributed by atoms with Crippen LogP contribution in [0.25, 0.3) is 0 Å². The third-order valence-corrected chi connectivity index (χ3v) is 3.86. The topological polar surface area (TPSA) is 26.0 Å². The molecule has 0 spiro atoms. The van der Waals surface area contributed by atoms with Gasteiger partial charge in [-0.25, -0.2) is 0 Å². The molecule has 0 atom stereocenters. The lowest BCUT2D eigenvalue weighted by Crippen LogP contribution is -2.38. The summed E-state index contributed by atoms with van der Waals surface area (Å²) in [6.45, 7) is 2.48. The van der Waals surface area contributed by atoms with Crippen LogP contribution in [-0.4, -0.2) is 6.04 Å². The van der Waals surface area contributed by atoms with Gasteiger partial charge in [0.05, 0.1) is 0 Å². The quantitative estimate of drug-likeness (QED) is 0.672. The van der Waals surface area contributed by atoms with Crippen molar-refractivity contribution in [2.45, 2.75) is 57.9 Å². The number of nitrogens with two attached hydrogens (primary N) is 1. The minimum atomic E-state index is 0.542. The Morgan fingerprint density at radius 3 is 2.33 bits per heavy atom. The monoisotopic (exact) mass is 167 g/mol. The van der Waals surface area contributed by atoms with Crippen LogP contribution < -0.4 is 5.73 Å². The molecule has 0 aromatic rings. The molecule has 2 fully saturated rings. The Labute approximate surface area is 75.7 Å². The highest BCUT2D eigenvalue weighted by Crippen LogP contribution is 2.46. The second-order valence-electron chi connectivity index (χ2n) is 5.32. The first-order chi connectivity index (χ1) is 5.68. The maximum absolute atomic E-state index is 5.79. The van der Waals surface area contributed by atoms with Crippen molar-refractivity contribution in [2.75, 3.05) is 0 Å². The van der Waals surface area contributed by atoms with Crippen LogP contribution in [0.1, 0.15) is 51.9 Å². The van der Waals surface area contributed by atoms with Gasteiger partial charge < -0.3 is 5.73 Å². The molecule has 1 nitrogen and oxygen atoms in total. The average molecular weight is 167 g/mol. The molecule has 2 N–H and O–H groups in total. The van der Waals surface area contributed by atoms with E-state index in [1.165, 1.54) is 44.9 Å². The van der Waals surface area contributed by atoms with E-state index in [0.29, 0.717) is 11.5 Å². The van der Waals surface area contributed by atoms with Crippen molar-refractivity contribution >= 4 is 0 Å². The Balaban J connectivity index is 1.78. The van der Waals surface area contributed by atoms with Gasteiger partial charge in [-0.1, -0.05) is 19.8 Å². The lowest BCUT2D eigenvalue weighted by Gasteiger charge is -2.38. The standard InChI is InChI=1S/C11H21N/c1-11(4-2-3-5-11)8-9-6-10(12)7-9/h9-10H,2-8,12H2,1H3. The molecule has 0 unspecified atom stereocenters. The summed E-state index contributed by atoms with van der Waals surface area (Å²) in [6.07, 6.45) is 9.94. The summed E-state index contributed by atoms with van der Waals surface area (Å²) in [5.74, 6) is 0.975. The van der Waals surface area contributed by atoms with E-state index >= 15 is 0 Å². The predicted molar refractivity (Wildman–Crippen MR) is 51.9 cm³/mol. The SMILES string of the molecule is CC1(CC2CC(N)C2)CCCC1. The van der Waals surface area contributed by atoms with Crippen LogP contribution in [-0.2, 0) is 0 Å². The third kappa shape index (κ3) is 1.66. The molecule has 2 aliphatic rings. The summed E-state index contributed by atoms with van der Waals surface area (Å²) in [5, 5.41) is 0. The van der Waals surface area contributed by atoms with Gasteiger partial charge in [-0.3, -0.25) is 0 Å². The smallest absolute Gasteiger partial charge is 0.00441 e. The van der Waals surface area contributed by atoms with E-state index in [9.17, 15) is 0 Å². The van der Waals surface area contributed by atoms with Gasteiger partial charge in [-0.2, -0.15) is 0 Å². The van der Waals surface area contributed by atoms with E-state index in [1.807, 2.05) is 0 Å². The zero-order valence-corrected chi connectivity index (χ0v) is 8.18. The zero-order chi connectivity index (χ0) is 8.60. The van der Waals surface area contributed by atoms with Crippen LogP contribution >= 0.6 is 0 Å². The third-order valence-electron chi connectivity index (χ3n) is 3.86. The van der Waals surface area contributed by atoms with E-state index < -0.39 is 0 Å². The van der Waals surface area contributed by atoms with E-state index in [0.717, 1.165) is 5.92 Å². The minimum Gasteiger partial charge on any atom is -0.328 e. The van der Waals surface area contributed by atoms with Gasteiger partial charge in [0.2, 0.25) is 0 Å². The molecule has 0 radical (unpaired) electrons.